The molecule has 2 heterocycles. The molecular weight excluding hydrogens is 354 g/mol. The molecule has 0 saturated carbocycles. The van der Waals surface area contributed by atoms with Gasteiger partial charge in [-0.3, -0.25) is 5.43 Å². The van der Waals surface area contributed by atoms with E-state index in [0.717, 1.165) is 0 Å². The van der Waals surface area contributed by atoms with E-state index in [2.05, 4.69) is 25.8 Å². The minimum absolute atomic E-state index is 0.295. The standard InChI is InChI=1S/C15H11Cl2FN6/c1-9-12(8-19-21-14-7-6-13(16)20-22-14)15(17)24(23-9)11-4-2-10(18)3-5-11/h2-8H,1H3,(H,21,22)/b19-8-. The van der Waals surface area contributed by atoms with Crippen molar-refractivity contribution in [2.45, 2.75) is 6.92 Å². The van der Waals surface area contributed by atoms with E-state index in [1.54, 1.807) is 31.2 Å². The highest BCUT2D eigenvalue weighted by Crippen LogP contribution is 2.22. The Morgan fingerprint density at radius 3 is 2.54 bits per heavy atom. The number of halogens is 3. The molecule has 24 heavy (non-hydrogen) atoms. The van der Waals surface area contributed by atoms with Gasteiger partial charge in [0.15, 0.2) is 11.0 Å². The Morgan fingerprint density at radius 1 is 1.12 bits per heavy atom. The number of hydrazone groups is 1. The summed E-state index contributed by atoms with van der Waals surface area (Å²) in [5.41, 5.74) is 4.69. The van der Waals surface area contributed by atoms with Crippen molar-refractivity contribution in [3.05, 3.63) is 63.8 Å². The van der Waals surface area contributed by atoms with Crippen LogP contribution >= 0.6 is 23.2 Å². The molecule has 0 unspecified atom stereocenters. The topological polar surface area (TPSA) is 68.0 Å². The molecule has 0 atom stereocenters. The highest BCUT2D eigenvalue weighted by atomic mass is 35.5. The summed E-state index contributed by atoms with van der Waals surface area (Å²) in [5, 5.41) is 16.6. The van der Waals surface area contributed by atoms with Crippen LogP contribution in [0.3, 0.4) is 0 Å². The molecule has 0 fully saturated rings. The molecule has 0 saturated heterocycles. The summed E-state index contributed by atoms with van der Waals surface area (Å²) >= 11 is 12.0. The van der Waals surface area contributed by atoms with Crippen LogP contribution in [-0.2, 0) is 0 Å². The summed E-state index contributed by atoms with van der Waals surface area (Å²) in [6.07, 6.45) is 1.53. The lowest BCUT2D eigenvalue weighted by Gasteiger charge is -2.02. The van der Waals surface area contributed by atoms with Crippen molar-refractivity contribution in [2.24, 2.45) is 5.10 Å². The Morgan fingerprint density at radius 2 is 1.88 bits per heavy atom. The van der Waals surface area contributed by atoms with Gasteiger partial charge in [-0.25, -0.2) is 9.07 Å². The summed E-state index contributed by atoms with van der Waals surface area (Å²) in [6.45, 7) is 1.80. The molecule has 2 aromatic heterocycles. The smallest absolute Gasteiger partial charge is 0.168 e. The first kappa shape index (κ1) is 16.4. The van der Waals surface area contributed by atoms with Crippen molar-refractivity contribution in [1.82, 2.24) is 20.0 Å². The highest BCUT2D eigenvalue weighted by molar-refractivity contribution is 6.32. The predicted molar refractivity (Wildman–Crippen MR) is 91.5 cm³/mol. The molecule has 0 amide bonds. The number of aryl methyl sites for hydroxylation is 1. The molecule has 1 aromatic carbocycles. The largest absolute Gasteiger partial charge is 0.260 e. The van der Waals surface area contributed by atoms with E-state index in [1.165, 1.54) is 23.0 Å². The molecule has 3 rings (SSSR count). The van der Waals surface area contributed by atoms with Crippen molar-refractivity contribution < 1.29 is 4.39 Å². The third kappa shape index (κ3) is 3.52. The summed E-state index contributed by atoms with van der Waals surface area (Å²) < 4.78 is 14.5. The maximum Gasteiger partial charge on any atom is 0.168 e. The van der Waals surface area contributed by atoms with Crippen molar-refractivity contribution >= 4 is 35.2 Å². The zero-order valence-corrected chi connectivity index (χ0v) is 13.9. The third-order valence-electron chi connectivity index (χ3n) is 3.12. The Kier molecular flexibility index (Phi) is 4.73. The van der Waals surface area contributed by atoms with Crippen LogP contribution in [0.25, 0.3) is 5.69 Å². The molecule has 122 valence electrons. The minimum Gasteiger partial charge on any atom is -0.260 e. The van der Waals surface area contributed by atoms with Gasteiger partial charge >= 0.3 is 0 Å². The minimum atomic E-state index is -0.325. The van der Waals surface area contributed by atoms with Gasteiger partial charge in [0.05, 0.1) is 23.2 Å². The highest BCUT2D eigenvalue weighted by Gasteiger charge is 2.13. The Balaban J connectivity index is 1.82. The third-order valence-corrected chi connectivity index (χ3v) is 3.69. The SMILES string of the molecule is Cc1nn(-c2ccc(F)cc2)c(Cl)c1/C=N\Nc1ccc(Cl)nn1. The van der Waals surface area contributed by atoms with Crippen LogP contribution in [-0.4, -0.2) is 26.2 Å². The van der Waals surface area contributed by atoms with E-state index >= 15 is 0 Å². The Hall–Kier alpha value is -2.51. The van der Waals surface area contributed by atoms with E-state index in [4.69, 9.17) is 23.2 Å². The van der Waals surface area contributed by atoms with E-state index in [-0.39, 0.29) is 5.82 Å². The van der Waals surface area contributed by atoms with Crippen LogP contribution in [0.4, 0.5) is 10.2 Å². The zero-order valence-electron chi connectivity index (χ0n) is 12.4. The Labute approximate surface area is 146 Å². The van der Waals surface area contributed by atoms with Crippen molar-refractivity contribution in [1.29, 1.82) is 0 Å². The van der Waals surface area contributed by atoms with Gasteiger partial charge in [-0.1, -0.05) is 23.2 Å². The molecule has 9 heteroatoms. The van der Waals surface area contributed by atoms with E-state index in [1.807, 2.05) is 0 Å². The van der Waals surface area contributed by atoms with Gasteiger partial charge in [-0.15, -0.1) is 10.2 Å². The molecular formula is C15H11Cl2FN6. The number of nitrogens with zero attached hydrogens (tertiary/aromatic N) is 5. The molecule has 3 aromatic rings. The lowest BCUT2D eigenvalue weighted by atomic mass is 10.3. The van der Waals surface area contributed by atoms with Crippen molar-refractivity contribution in [3.8, 4) is 5.69 Å². The van der Waals surface area contributed by atoms with E-state index in [9.17, 15) is 4.39 Å². The van der Waals surface area contributed by atoms with Crippen molar-refractivity contribution in [3.63, 3.8) is 0 Å². The first-order valence-corrected chi connectivity index (χ1v) is 7.59. The molecule has 0 aliphatic heterocycles. The van der Waals surface area contributed by atoms with Crippen LogP contribution < -0.4 is 5.43 Å². The second kappa shape index (κ2) is 6.94. The van der Waals surface area contributed by atoms with Gasteiger partial charge in [0, 0.05) is 0 Å². The van der Waals surface area contributed by atoms with Gasteiger partial charge in [0.25, 0.3) is 0 Å². The number of aromatic nitrogens is 4. The molecule has 0 aliphatic rings. The van der Waals surface area contributed by atoms with Crippen LogP contribution in [0, 0.1) is 12.7 Å². The number of benzene rings is 1. The molecule has 0 aliphatic carbocycles. The molecule has 0 bridgehead atoms. The normalized spacial score (nSPS) is 11.2. The number of rotatable bonds is 4. The fraction of sp³-hybridized carbons (Fsp3) is 0.0667. The van der Waals surface area contributed by atoms with Gasteiger partial charge < -0.3 is 0 Å². The van der Waals surface area contributed by atoms with Gasteiger partial charge in [0.1, 0.15) is 11.0 Å². The molecule has 0 radical (unpaired) electrons. The van der Waals surface area contributed by atoms with Crippen molar-refractivity contribution in [2.75, 3.05) is 5.43 Å². The van der Waals surface area contributed by atoms with Gasteiger partial charge in [-0.2, -0.15) is 10.2 Å². The van der Waals surface area contributed by atoms with Crippen LogP contribution in [0.15, 0.2) is 41.5 Å². The lowest BCUT2D eigenvalue weighted by Crippen LogP contribution is -1.97. The van der Waals surface area contributed by atoms with Crippen LogP contribution in [0.5, 0.6) is 0 Å². The molecule has 1 N–H and O–H groups in total. The molecule has 6 nitrogen and oxygen atoms in total. The van der Waals surface area contributed by atoms with E-state index in [0.29, 0.717) is 33.1 Å². The number of nitrogens with one attached hydrogen (secondary N) is 1. The van der Waals surface area contributed by atoms with Crippen LogP contribution in [0.1, 0.15) is 11.3 Å². The number of hydrogen-bond donors (Lipinski definition) is 1. The fourth-order valence-electron chi connectivity index (χ4n) is 1.95. The number of hydrogen-bond acceptors (Lipinski definition) is 5. The predicted octanol–water partition coefficient (Wildman–Crippen LogP) is 3.86. The fourth-order valence-corrected chi connectivity index (χ4v) is 2.37. The summed E-state index contributed by atoms with van der Waals surface area (Å²) in [6, 6.07) is 9.11. The Bertz CT molecular complexity index is 874. The maximum atomic E-state index is 13.0. The average Bonchev–Trinajstić information content (AvgIpc) is 2.85. The first-order valence-electron chi connectivity index (χ1n) is 6.84. The number of anilines is 1. The van der Waals surface area contributed by atoms with E-state index < -0.39 is 0 Å². The zero-order chi connectivity index (χ0) is 17.1. The second-order valence-corrected chi connectivity index (χ2v) is 5.53. The monoisotopic (exact) mass is 364 g/mol. The summed E-state index contributed by atoms with van der Waals surface area (Å²) in [5.74, 6) is 0.115. The summed E-state index contributed by atoms with van der Waals surface area (Å²) in [4.78, 5) is 0. The maximum absolute atomic E-state index is 13.0. The van der Waals surface area contributed by atoms with Gasteiger partial charge in [0.2, 0.25) is 0 Å². The quantitative estimate of drug-likeness (QED) is 0.563. The lowest BCUT2D eigenvalue weighted by molar-refractivity contribution is 0.627. The van der Waals surface area contributed by atoms with Crippen LogP contribution in [0.2, 0.25) is 10.3 Å². The van der Waals surface area contributed by atoms with Gasteiger partial charge in [-0.05, 0) is 43.3 Å². The average molecular weight is 365 g/mol. The second-order valence-electron chi connectivity index (χ2n) is 4.79. The molecule has 0 spiro atoms. The first-order chi connectivity index (χ1) is 11.5. The summed E-state index contributed by atoms with van der Waals surface area (Å²) in [7, 11) is 0.